The number of likely N-dealkylation sites (tertiary alicyclic amines) is 1. The molecule has 3 heterocycles. The van der Waals surface area contributed by atoms with Crippen molar-refractivity contribution in [3.05, 3.63) is 18.1 Å². The molecule has 2 saturated heterocycles. The standard InChI is InChI=1S/C16H24N4O3S/c1-12-3-6-20(7-4-12)16(21)14-9-15(18-11-17-14)19(2)13-5-8-24(22,23)10-13/h9,11-13H,3-8,10H2,1-2H3. The van der Waals surface area contributed by atoms with Gasteiger partial charge in [-0.1, -0.05) is 6.92 Å². The van der Waals surface area contributed by atoms with Gasteiger partial charge < -0.3 is 9.80 Å². The molecule has 1 amide bonds. The highest BCUT2D eigenvalue weighted by Gasteiger charge is 2.31. The van der Waals surface area contributed by atoms with Crippen LogP contribution >= 0.6 is 0 Å². The van der Waals surface area contributed by atoms with Crippen molar-refractivity contribution in [2.45, 2.75) is 32.2 Å². The minimum absolute atomic E-state index is 0.0713. The van der Waals surface area contributed by atoms with Crippen LogP contribution in [-0.4, -0.2) is 66.9 Å². The van der Waals surface area contributed by atoms with Crippen LogP contribution in [0.2, 0.25) is 0 Å². The van der Waals surface area contributed by atoms with E-state index in [0.717, 1.165) is 25.9 Å². The largest absolute Gasteiger partial charge is 0.356 e. The number of sulfone groups is 1. The molecule has 0 saturated carbocycles. The number of piperidine rings is 1. The monoisotopic (exact) mass is 352 g/mol. The first kappa shape index (κ1) is 17.1. The zero-order valence-electron chi connectivity index (χ0n) is 14.2. The maximum atomic E-state index is 12.6. The van der Waals surface area contributed by atoms with Crippen LogP contribution in [0.15, 0.2) is 12.4 Å². The average Bonchev–Trinajstić information content (AvgIpc) is 2.94. The fourth-order valence-corrected chi connectivity index (χ4v) is 5.07. The number of carbonyl (C=O) groups is 1. The molecule has 0 spiro atoms. The highest BCUT2D eigenvalue weighted by molar-refractivity contribution is 7.91. The van der Waals surface area contributed by atoms with Crippen LogP contribution in [0, 0.1) is 5.92 Å². The number of hydrogen-bond acceptors (Lipinski definition) is 6. The van der Waals surface area contributed by atoms with Crippen molar-refractivity contribution in [1.29, 1.82) is 0 Å². The van der Waals surface area contributed by atoms with Crippen molar-refractivity contribution >= 4 is 21.6 Å². The third kappa shape index (κ3) is 3.68. The van der Waals surface area contributed by atoms with E-state index in [4.69, 9.17) is 0 Å². The van der Waals surface area contributed by atoms with Gasteiger partial charge >= 0.3 is 0 Å². The van der Waals surface area contributed by atoms with E-state index in [1.54, 1.807) is 6.07 Å². The molecule has 2 aliphatic rings. The predicted octanol–water partition coefficient (Wildman–Crippen LogP) is 0.972. The van der Waals surface area contributed by atoms with Gasteiger partial charge in [0, 0.05) is 32.2 Å². The van der Waals surface area contributed by atoms with E-state index in [1.165, 1.54) is 6.33 Å². The SMILES string of the molecule is CC1CCN(C(=O)c2cc(N(C)C3CCS(=O)(=O)C3)ncn2)CC1. The van der Waals surface area contributed by atoms with E-state index < -0.39 is 9.84 Å². The number of nitrogens with zero attached hydrogens (tertiary/aromatic N) is 4. The van der Waals surface area contributed by atoms with E-state index in [9.17, 15) is 13.2 Å². The Balaban J connectivity index is 1.73. The number of aromatic nitrogens is 2. The molecule has 3 rings (SSSR count). The molecule has 0 bridgehead atoms. The van der Waals surface area contributed by atoms with Crippen molar-refractivity contribution in [2.75, 3.05) is 36.5 Å². The second kappa shape index (κ2) is 6.66. The van der Waals surface area contributed by atoms with E-state index >= 15 is 0 Å². The molecule has 24 heavy (non-hydrogen) atoms. The Hall–Kier alpha value is -1.70. The Morgan fingerprint density at radius 1 is 1.25 bits per heavy atom. The summed E-state index contributed by atoms with van der Waals surface area (Å²) >= 11 is 0. The quantitative estimate of drug-likeness (QED) is 0.806. The van der Waals surface area contributed by atoms with Gasteiger partial charge in [-0.25, -0.2) is 18.4 Å². The van der Waals surface area contributed by atoms with Crippen LogP contribution in [0.1, 0.15) is 36.7 Å². The van der Waals surface area contributed by atoms with Gasteiger partial charge in [-0.2, -0.15) is 0 Å². The highest BCUT2D eigenvalue weighted by atomic mass is 32.2. The Kier molecular flexibility index (Phi) is 4.76. The number of rotatable bonds is 3. The van der Waals surface area contributed by atoms with Gasteiger partial charge in [-0.15, -0.1) is 0 Å². The molecule has 1 aromatic rings. The molecular weight excluding hydrogens is 328 g/mol. The lowest BCUT2D eigenvalue weighted by atomic mass is 9.99. The Bertz CT molecular complexity index is 714. The number of anilines is 1. The minimum atomic E-state index is -2.96. The molecule has 0 aromatic carbocycles. The highest BCUT2D eigenvalue weighted by Crippen LogP contribution is 2.22. The minimum Gasteiger partial charge on any atom is -0.356 e. The predicted molar refractivity (Wildman–Crippen MR) is 91.8 cm³/mol. The number of amides is 1. The fraction of sp³-hybridized carbons (Fsp3) is 0.688. The van der Waals surface area contributed by atoms with Gasteiger partial charge in [0.1, 0.15) is 17.8 Å². The maximum Gasteiger partial charge on any atom is 0.272 e. The smallest absolute Gasteiger partial charge is 0.272 e. The summed E-state index contributed by atoms with van der Waals surface area (Å²) in [6.45, 7) is 3.72. The lowest BCUT2D eigenvalue weighted by Gasteiger charge is -2.30. The first-order valence-corrected chi connectivity index (χ1v) is 10.2. The summed E-state index contributed by atoms with van der Waals surface area (Å²) in [6.07, 6.45) is 4.01. The van der Waals surface area contributed by atoms with Crippen molar-refractivity contribution < 1.29 is 13.2 Å². The molecular formula is C16H24N4O3S. The van der Waals surface area contributed by atoms with E-state index in [2.05, 4.69) is 16.9 Å². The van der Waals surface area contributed by atoms with Gasteiger partial charge in [0.05, 0.1) is 11.5 Å². The van der Waals surface area contributed by atoms with Gasteiger partial charge in [0.2, 0.25) is 0 Å². The van der Waals surface area contributed by atoms with Crippen LogP contribution in [0.3, 0.4) is 0 Å². The molecule has 2 aliphatic heterocycles. The summed E-state index contributed by atoms with van der Waals surface area (Å²) in [7, 11) is -1.13. The van der Waals surface area contributed by atoms with Crippen molar-refractivity contribution in [3.8, 4) is 0 Å². The van der Waals surface area contributed by atoms with Gasteiger partial charge in [-0.05, 0) is 25.2 Å². The van der Waals surface area contributed by atoms with Crippen LogP contribution in [0.4, 0.5) is 5.82 Å². The van der Waals surface area contributed by atoms with Crippen LogP contribution < -0.4 is 4.90 Å². The normalized spacial score (nSPS) is 24.1. The van der Waals surface area contributed by atoms with Crippen molar-refractivity contribution in [2.24, 2.45) is 5.92 Å². The van der Waals surface area contributed by atoms with Gasteiger partial charge in [0.15, 0.2) is 9.84 Å². The molecule has 132 valence electrons. The molecule has 1 aromatic heterocycles. The Morgan fingerprint density at radius 2 is 1.96 bits per heavy atom. The third-order valence-electron chi connectivity index (χ3n) is 5.06. The lowest BCUT2D eigenvalue weighted by molar-refractivity contribution is 0.0691. The second-order valence-electron chi connectivity index (χ2n) is 6.90. The number of hydrogen-bond donors (Lipinski definition) is 0. The van der Waals surface area contributed by atoms with E-state index in [0.29, 0.717) is 23.9 Å². The van der Waals surface area contributed by atoms with E-state index in [-0.39, 0.29) is 23.5 Å². The first-order valence-electron chi connectivity index (χ1n) is 8.40. The van der Waals surface area contributed by atoms with Crippen LogP contribution in [-0.2, 0) is 9.84 Å². The molecule has 2 fully saturated rings. The summed E-state index contributed by atoms with van der Waals surface area (Å²) < 4.78 is 23.3. The Labute approximate surface area is 143 Å². The fourth-order valence-electron chi connectivity index (χ4n) is 3.30. The summed E-state index contributed by atoms with van der Waals surface area (Å²) in [5.74, 6) is 1.54. The zero-order chi connectivity index (χ0) is 17.3. The van der Waals surface area contributed by atoms with E-state index in [1.807, 2.05) is 16.8 Å². The third-order valence-corrected chi connectivity index (χ3v) is 6.81. The summed E-state index contributed by atoms with van der Waals surface area (Å²) in [4.78, 5) is 24.7. The van der Waals surface area contributed by atoms with Crippen molar-refractivity contribution in [1.82, 2.24) is 14.9 Å². The lowest BCUT2D eigenvalue weighted by Crippen LogP contribution is -2.38. The molecule has 0 aliphatic carbocycles. The van der Waals surface area contributed by atoms with Gasteiger partial charge in [-0.3, -0.25) is 4.79 Å². The molecule has 7 nitrogen and oxygen atoms in total. The second-order valence-corrected chi connectivity index (χ2v) is 9.13. The first-order chi connectivity index (χ1) is 11.4. The topological polar surface area (TPSA) is 83.5 Å². The molecule has 1 atom stereocenters. The van der Waals surface area contributed by atoms with Gasteiger partial charge in [0.25, 0.3) is 5.91 Å². The number of carbonyl (C=O) groups excluding carboxylic acids is 1. The average molecular weight is 352 g/mol. The van der Waals surface area contributed by atoms with Crippen LogP contribution in [0.5, 0.6) is 0 Å². The zero-order valence-corrected chi connectivity index (χ0v) is 15.0. The summed E-state index contributed by atoms with van der Waals surface area (Å²) in [5, 5.41) is 0. The molecule has 8 heteroatoms. The van der Waals surface area contributed by atoms with Crippen molar-refractivity contribution in [3.63, 3.8) is 0 Å². The molecule has 0 N–H and O–H groups in total. The molecule has 1 unspecified atom stereocenters. The van der Waals surface area contributed by atoms with Crippen LogP contribution in [0.25, 0.3) is 0 Å². The Morgan fingerprint density at radius 3 is 2.58 bits per heavy atom. The maximum absolute atomic E-state index is 12.6. The summed E-state index contributed by atoms with van der Waals surface area (Å²) in [5.41, 5.74) is 0.377. The summed E-state index contributed by atoms with van der Waals surface area (Å²) in [6, 6.07) is 1.58. The molecule has 0 radical (unpaired) electrons.